The molecule has 2 aromatic rings. The molecule has 0 bridgehead atoms. The molecule has 2 rings (SSSR count). The molecule has 1 unspecified atom stereocenters. The molecule has 0 nitrogen and oxygen atoms in total. The third kappa shape index (κ3) is 3.13. The summed E-state index contributed by atoms with van der Waals surface area (Å²) < 4.78 is -1.47. The highest BCUT2D eigenvalue weighted by atomic mass is 35.6. The molecule has 0 N–H and O–H groups in total. The maximum atomic E-state index is 6.47. The molecule has 0 aliphatic carbocycles. The van der Waals surface area contributed by atoms with E-state index in [0.29, 0.717) is 5.56 Å². The van der Waals surface area contributed by atoms with Crippen LogP contribution in [-0.2, 0) is 3.79 Å². The van der Waals surface area contributed by atoms with Crippen LogP contribution in [0.5, 0.6) is 0 Å². The predicted molar refractivity (Wildman–Crippen MR) is 79.8 cm³/mol. The molecule has 0 radical (unpaired) electrons. The number of halogens is 4. The normalized spacial score (nSPS) is 13.3. The first-order valence-corrected chi connectivity index (χ1v) is 6.92. The van der Waals surface area contributed by atoms with Crippen LogP contribution in [0.2, 0.25) is 0 Å². The number of hydrogen-bond donors (Lipinski definition) is 0. The Balaban J connectivity index is 2.46. The van der Waals surface area contributed by atoms with Crippen molar-refractivity contribution in [2.24, 2.45) is 0 Å². The zero-order valence-electron chi connectivity index (χ0n) is 9.29. The highest BCUT2D eigenvalue weighted by Gasteiger charge is 2.28. The smallest absolute Gasteiger partial charge is 0.113 e. The summed E-state index contributed by atoms with van der Waals surface area (Å²) in [5.41, 5.74) is 2.39. The van der Waals surface area contributed by atoms with Crippen molar-refractivity contribution in [2.75, 3.05) is 0 Å². The fourth-order valence-electron chi connectivity index (χ4n) is 1.78. The summed E-state index contributed by atoms with van der Waals surface area (Å²) in [6.45, 7) is 0. The summed E-state index contributed by atoms with van der Waals surface area (Å²) in [5.74, 6) is 0. The van der Waals surface area contributed by atoms with Gasteiger partial charge in [-0.05, 0) is 11.1 Å². The Bertz CT molecular complexity index is 517. The number of benzene rings is 2. The van der Waals surface area contributed by atoms with Gasteiger partial charge >= 0.3 is 0 Å². The van der Waals surface area contributed by atoms with E-state index in [-0.39, 0.29) is 5.38 Å². The van der Waals surface area contributed by atoms with Crippen LogP contribution < -0.4 is 0 Å². The third-order valence-corrected chi connectivity index (χ3v) is 3.73. The van der Waals surface area contributed by atoms with Gasteiger partial charge in [0.2, 0.25) is 3.79 Å². The second kappa shape index (κ2) is 5.71. The van der Waals surface area contributed by atoms with Crippen LogP contribution in [0.25, 0.3) is 0 Å². The van der Waals surface area contributed by atoms with Crippen molar-refractivity contribution in [3.63, 3.8) is 0 Å². The van der Waals surface area contributed by atoms with E-state index in [2.05, 4.69) is 0 Å². The van der Waals surface area contributed by atoms with Crippen LogP contribution >= 0.6 is 46.4 Å². The van der Waals surface area contributed by atoms with Crippen molar-refractivity contribution in [2.45, 2.75) is 9.17 Å². The largest absolute Gasteiger partial charge is 0.216 e. The van der Waals surface area contributed by atoms with Crippen LogP contribution in [-0.4, -0.2) is 0 Å². The molecule has 0 aliphatic rings. The number of alkyl halides is 4. The van der Waals surface area contributed by atoms with Gasteiger partial charge in [0.15, 0.2) is 0 Å². The lowest BCUT2D eigenvalue weighted by Crippen LogP contribution is -2.07. The molecule has 2 aromatic carbocycles. The maximum absolute atomic E-state index is 6.47. The fourth-order valence-corrected chi connectivity index (χ4v) is 2.63. The van der Waals surface area contributed by atoms with E-state index < -0.39 is 3.79 Å². The summed E-state index contributed by atoms with van der Waals surface area (Å²) >= 11 is 24.4. The van der Waals surface area contributed by atoms with E-state index in [1.54, 1.807) is 6.07 Å². The van der Waals surface area contributed by atoms with E-state index in [1.807, 2.05) is 48.5 Å². The lowest BCUT2D eigenvalue weighted by Gasteiger charge is -2.19. The van der Waals surface area contributed by atoms with Gasteiger partial charge in [0.05, 0.1) is 5.38 Å². The fraction of sp³-hybridized carbons (Fsp3) is 0.143. The predicted octanol–water partition coefficient (Wildman–Crippen LogP) is 5.84. The Hall–Kier alpha value is -0.400. The van der Waals surface area contributed by atoms with Gasteiger partial charge < -0.3 is 0 Å². The molecule has 0 heterocycles. The summed E-state index contributed by atoms with van der Waals surface area (Å²) in [6, 6.07) is 17.1. The van der Waals surface area contributed by atoms with Crippen molar-refractivity contribution in [3.05, 3.63) is 71.3 Å². The molecule has 0 aromatic heterocycles. The first-order chi connectivity index (χ1) is 8.50. The van der Waals surface area contributed by atoms with E-state index in [4.69, 9.17) is 46.4 Å². The molecule has 0 fully saturated rings. The zero-order chi connectivity index (χ0) is 13.2. The summed E-state index contributed by atoms with van der Waals surface area (Å²) in [6.07, 6.45) is 0. The van der Waals surface area contributed by atoms with E-state index in [0.717, 1.165) is 11.1 Å². The second-order valence-electron chi connectivity index (χ2n) is 3.86. The SMILES string of the molecule is ClC(c1ccccc1)c1ccccc1C(Cl)(Cl)Cl. The number of hydrogen-bond acceptors (Lipinski definition) is 0. The molecule has 0 saturated heterocycles. The van der Waals surface area contributed by atoms with Gasteiger partial charge in [-0.25, -0.2) is 0 Å². The minimum absolute atomic E-state index is 0.335. The van der Waals surface area contributed by atoms with Crippen LogP contribution in [0, 0.1) is 0 Å². The number of rotatable bonds is 2. The van der Waals surface area contributed by atoms with Gasteiger partial charge in [0, 0.05) is 5.56 Å². The van der Waals surface area contributed by atoms with Crippen LogP contribution in [0.1, 0.15) is 22.1 Å². The Kier molecular flexibility index (Phi) is 4.45. The third-order valence-electron chi connectivity index (χ3n) is 2.63. The average Bonchev–Trinajstić information content (AvgIpc) is 2.38. The maximum Gasteiger partial charge on any atom is 0.216 e. The Morgan fingerprint density at radius 1 is 0.778 bits per heavy atom. The molecule has 1 atom stereocenters. The van der Waals surface area contributed by atoms with Crippen LogP contribution in [0.15, 0.2) is 54.6 Å². The quantitative estimate of drug-likeness (QED) is 0.610. The molecule has 0 saturated carbocycles. The minimum Gasteiger partial charge on any atom is -0.113 e. The van der Waals surface area contributed by atoms with Crippen molar-refractivity contribution in [1.29, 1.82) is 0 Å². The van der Waals surface area contributed by atoms with Gasteiger partial charge in [-0.2, -0.15) is 0 Å². The summed E-state index contributed by atoms with van der Waals surface area (Å²) in [4.78, 5) is 0. The van der Waals surface area contributed by atoms with Crippen LogP contribution in [0.4, 0.5) is 0 Å². The van der Waals surface area contributed by atoms with Crippen molar-refractivity contribution >= 4 is 46.4 Å². The lowest BCUT2D eigenvalue weighted by atomic mass is 10.00. The minimum atomic E-state index is -1.47. The zero-order valence-corrected chi connectivity index (χ0v) is 12.3. The van der Waals surface area contributed by atoms with Gasteiger partial charge in [-0.15, -0.1) is 11.6 Å². The van der Waals surface area contributed by atoms with Gasteiger partial charge in [0.25, 0.3) is 0 Å². The molecule has 94 valence electrons. The summed E-state index contributed by atoms with van der Waals surface area (Å²) in [7, 11) is 0. The molecular formula is C14H10Cl4. The Morgan fingerprint density at radius 2 is 1.33 bits per heavy atom. The topological polar surface area (TPSA) is 0 Å². The molecule has 0 amide bonds. The summed E-state index contributed by atoms with van der Waals surface area (Å²) in [5, 5.41) is -0.335. The van der Waals surface area contributed by atoms with E-state index >= 15 is 0 Å². The highest BCUT2D eigenvalue weighted by Crippen LogP contribution is 2.43. The van der Waals surface area contributed by atoms with Gasteiger partial charge in [0.1, 0.15) is 0 Å². The molecule has 0 spiro atoms. The monoisotopic (exact) mass is 318 g/mol. The van der Waals surface area contributed by atoms with E-state index in [1.165, 1.54) is 0 Å². The standard InChI is InChI=1S/C14H10Cl4/c15-13(10-6-2-1-3-7-10)11-8-4-5-9-12(11)14(16,17)18/h1-9,13H. The first kappa shape index (κ1) is 14.0. The molecule has 4 heteroatoms. The van der Waals surface area contributed by atoms with E-state index in [9.17, 15) is 0 Å². The average molecular weight is 320 g/mol. The second-order valence-corrected chi connectivity index (χ2v) is 6.58. The van der Waals surface area contributed by atoms with Crippen LogP contribution in [0.3, 0.4) is 0 Å². The van der Waals surface area contributed by atoms with Crippen molar-refractivity contribution in [3.8, 4) is 0 Å². The highest BCUT2D eigenvalue weighted by molar-refractivity contribution is 6.66. The molecule has 0 aliphatic heterocycles. The lowest BCUT2D eigenvalue weighted by molar-refractivity contribution is 1.07. The van der Waals surface area contributed by atoms with Crippen molar-refractivity contribution in [1.82, 2.24) is 0 Å². The first-order valence-electron chi connectivity index (χ1n) is 5.35. The van der Waals surface area contributed by atoms with Gasteiger partial charge in [-0.1, -0.05) is 89.4 Å². The Labute approximate surface area is 126 Å². The van der Waals surface area contributed by atoms with Crippen molar-refractivity contribution < 1.29 is 0 Å². The molecular weight excluding hydrogens is 310 g/mol. The Morgan fingerprint density at radius 3 is 1.94 bits per heavy atom. The van der Waals surface area contributed by atoms with Gasteiger partial charge in [-0.3, -0.25) is 0 Å². The molecule has 18 heavy (non-hydrogen) atoms.